The number of rotatable bonds is 6. The van der Waals surface area contributed by atoms with Crippen molar-refractivity contribution in [1.29, 1.82) is 0 Å². The molecule has 0 spiro atoms. The lowest BCUT2D eigenvalue weighted by Gasteiger charge is -2.10. The first-order valence-corrected chi connectivity index (χ1v) is 8.28. The van der Waals surface area contributed by atoms with Crippen LogP contribution in [0.1, 0.15) is 11.1 Å². The summed E-state index contributed by atoms with van der Waals surface area (Å²) in [4.78, 5) is 19.1. The zero-order chi connectivity index (χ0) is 21.2. The second-order valence-corrected chi connectivity index (χ2v) is 6.21. The molecule has 3 aromatic rings. The number of primary amides is 1. The Kier molecular flexibility index (Phi) is 5.46. The van der Waals surface area contributed by atoms with Crippen LogP contribution in [-0.2, 0) is 17.5 Å². The number of aliphatic hydroxyl groups excluding tert-OH is 1. The SMILES string of the molecule is Cc1cc(Nc2cc(C(F)(F)F)ccn2)nc(-c2cn(C[C@@H](O)C(N)=O)nn2)c1. The van der Waals surface area contributed by atoms with Gasteiger partial charge >= 0.3 is 6.18 Å². The minimum absolute atomic E-state index is 0.0166. The second-order valence-electron chi connectivity index (χ2n) is 6.21. The monoisotopic (exact) mass is 407 g/mol. The molecule has 29 heavy (non-hydrogen) atoms. The maximum atomic E-state index is 12.9. The smallest absolute Gasteiger partial charge is 0.381 e. The fourth-order valence-electron chi connectivity index (χ4n) is 2.44. The molecule has 4 N–H and O–H groups in total. The van der Waals surface area contributed by atoms with E-state index in [4.69, 9.17) is 5.73 Å². The van der Waals surface area contributed by atoms with Gasteiger partial charge in [-0.2, -0.15) is 13.2 Å². The van der Waals surface area contributed by atoms with Crippen molar-refractivity contribution in [2.45, 2.75) is 25.7 Å². The number of anilines is 2. The van der Waals surface area contributed by atoms with E-state index in [1.807, 2.05) is 0 Å². The van der Waals surface area contributed by atoms with E-state index in [1.165, 1.54) is 10.9 Å². The standard InChI is InChI=1S/C17H16F3N7O2/c1-9-4-11(12-7-27(26-25-12)8-13(28)16(21)29)23-15(5-9)24-14-6-10(2-3-22-14)17(18,19)20/h2-7,13,28H,8H2,1H3,(H2,21,29)(H,22,23,24)/t13-/m1/s1. The van der Waals surface area contributed by atoms with Crippen LogP contribution in [0.15, 0.2) is 36.7 Å². The fourth-order valence-corrected chi connectivity index (χ4v) is 2.44. The highest BCUT2D eigenvalue weighted by atomic mass is 19.4. The van der Waals surface area contributed by atoms with E-state index in [9.17, 15) is 23.1 Å². The van der Waals surface area contributed by atoms with E-state index >= 15 is 0 Å². The van der Waals surface area contributed by atoms with E-state index < -0.39 is 23.8 Å². The number of amides is 1. The van der Waals surface area contributed by atoms with Crippen LogP contribution in [0.25, 0.3) is 11.4 Å². The Morgan fingerprint density at radius 1 is 1.28 bits per heavy atom. The Morgan fingerprint density at radius 3 is 2.72 bits per heavy atom. The van der Waals surface area contributed by atoms with Gasteiger partial charge in [0.05, 0.1) is 24.0 Å². The van der Waals surface area contributed by atoms with Gasteiger partial charge in [-0.3, -0.25) is 4.79 Å². The van der Waals surface area contributed by atoms with Crippen LogP contribution in [0.2, 0.25) is 0 Å². The van der Waals surface area contributed by atoms with Crippen LogP contribution in [0.5, 0.6) is 0 Å². The van der Waals surface area contributed by atoms with Crippen LogP contribution in [0.3, 0.4) is 0 Å². The Labute approximate surface area is 162 Å². The Hall–Kier alpha value is -3.54. The second kappa shape index (κ2) is 7.83. The van der Waals surface area contributed by atoms with Crippen molar-refractivity contribution < 1.29 is 23.1 Å². The highest BCUT2D eigenvalue weighted by molar-refractivity contribution is 5.78. The molecule has 3 heterocycles. The van der Waals surface area contributed by atoms with Crippen LogP contribution in [-0.4, -0.2) is 42.1 Å². The molecular formula is C17H16F3N7O2. The molecule has 1 atom stereocenters. The lowest BCUT2D eigenvalue weighted by atomic mass is 10.2. The van der Waals surface area contributed by atoms with Gasteiger partial charge in [0.15, 0.2) is 6.10 Å². The summed E-state index contributed by atoms with van der Waals surface area (Å²) < 4.78 is 39.8. The lowest BCUT2D eigenvalue weighted by molar-refractivity contribution is -0.137. The first kappa shape index (κ1) is 20.2. The number of hydrogen-bond donors (Lipinski definition) is 3. The van der Waals surface area contributed by atoms with Crippen LogP contribution in [0, 0.1) is 6.92 Å². The highest BCUT2D eigenvalue weighted by Crippen LogP contribution is 2.30. The third kappa shape index (κ3) is 5.04. The number of aliphatic hydroxyl groups is 1. The minimum Gasteiger partial charge on any atom is -0.381 e. The molecule has 9 nitrogen and oxygen atoms in total. The van der Waals surface area contributed by atoms with E-state index in [0.717, 1.165) is 23.9 Å². The molecule has 0 saturated carbocycles. The van der Waals surface area contributed by atoms with E-state index in [0.29, 0.717) is 11.4 Å². The van der Waals surface area contributed by atoms with Crippen molar-refractivity contribution in [3.05, 3.63) is 47.8 Å². The average molecular weight is 407 g/mol. The summed E-state index contributed by atoms with van der Waals surface area (Å²) in [6.07, 6.45) is -3.39. The molecule has 3 aromatic heterocycles. The molecule has 0 unspecified atom stereocenters. The van der Waals surface area contributed by atoms with Gasteiger partial charge in [0.2, 0.25) is 5.91 Å². The van der Waals surface area contributed by atoms with Crippen molar-refractivity contribution in [2.24, 2.45) is 5.73 Å². The number of pyridine rings is 2. The molecule has 0 aromatic carbocycles. The summed E-state index contributed by atoms with van der Waals surface area (Å²) in [5.41, 5.74) is 5.66. The molecule has 152 valence electrons. The van der Waals surface area contributed by atoms with Crippen molar-refractivity contribution in [3.63, 3.8) is 0 Å². The van der Waals surface area contributed by atoms with Crippen LogP contribution >= 0.6 is 0 Å². The molecular weight excluding hydrogens is 391 g/mol. The maximum absolute atomic E-state index is 12.9. The zero-order valence-electron chi connectivity index (χ0n) is 15.1. The Morgan fingerprint density at radius 2 is 2.03 bits per heavy atom. The molecule has 0 aliphatic carbocycles. The van der Waals surface area contributed by atoms with E-state index in [-0.39, 0.29) is 18.2 Å². The number of hydrogen-bond acceptors (Lipinski definition) is 7. The van der Waals surface area contributed by atoms with Gasteiger partial charge in [0.25, 0.3) is 0 Å². The van der Waals surface area contributed by atoms with Crippen molar-refractivity contribution >= 4 is 17.5 Å². The predicted molar refractivity (Wildman–Crippen MR) is 95.7 cm³/mol. The highest BCUT2D eigenvalue weighted by Gasteiger charge is 2.30. The Balaban J connectivity index is 1.84. The van der Waals surface area contributed by atoms with Crippen molar-refractivity contribution in [1.82, 2.24) is 25.0 Å². The summed E-state index contributed by atoms with van der Waals surface area (Å²) in [5, 5.41) is 20.0. The third-order valence-electron chi connectivity index (χ3n) is 3.80. The fraction of sp³-hybridized carbons (Fsp3) is 0.235. The summed E-state index contributed by atoms with van der Waals surface area (Å²) in [6, 6.07) is 5.08. The molecule has 0 fully saturated rings. The normalized spacial score (nSPS) is 12.6. The topological polar surface area (TPSA) is 132 Å². The summed E-state index contributed by atoms with van der Waals surface area (Å²) in [6.45, 7) is 1.60. The molecule has 0 radical (unpaired) electrons. The molecule has 3 rings (SSSR count). The number of carbonyl (C=O) groups is 1. The first-order chi connectivity index (χ1) is 13.6. The zero-order valence-corrected chi connectivity index (χ0v) is 15.1. The predicted octanol–water partition coefficient (Wildman–Crippen LogP) is 1.65. The number of halogens is 3. The van der Waals surface area contributed by atoms with Gasteiger partial charge in [0, 0.05) is 6.20 Å². The summed E-state index contributed by atoms with van der Waals surface area (Å²) in [7, 11) is 0. The molecule has 0 bridgehead atoms. The number of alkyl halides is 3. The quantitative estimate of drug-likeness (QED) is 0.566. The lowest BCUT2D eigenvalue weighted by Crippen LogP contribution is -2.32. The average Bonchev–Trinajstić information content (AvgIpc) is 3.09. The van der Waals surface area contributed by atoms with Crippen molar-refractivity contribution in [2.75, 3.05) is 5.32 Å². The van der Waals surface area contributed by atoms with Gasteiger partial charge in [-0.15, -0.1) is 5.10 Å². The van der Waals surface area contributed by atoms with Gasteiger partial charge in [-0.25, -0.2) is 14.6 Å². The number of aromatic nitrogens is 5. The number of nitrogens with two attached hydrogens (primary N) is 1. The van der Waals surface area contributed by atoms with Gasteiger partial charge in [-0.1, -0.05) is 5.21 Å². The minimum atomic E-state index is -4.49. The van der Waals surface area contributed by atoms with Crippen LogP contribution in [0.4, 0.5) is 24.8 Å². The molecule has 0 aliphatic rings. The number of carbonyl (C=O) groups excluding carboxylic acids is 1. The third-order valence-corrected chi connectivity index (χ3v) is 3.80. The Bertz CT molecular complexity index is 1040. The molecule has 0 aliphatic heterocycles. The number of nitrogens with zero attached hydrogens (tertiary/aromatic N) is 5. The first-order valence-electron chi connectivity index (χ1n) is 8.28. The molecule has 0 saturated heterocycles. The number of nitrogens with one attached hydrogen (secondary N) is 1. The van der Waals surface area contributed by atoms with E-state index in [2.05, 4.69) is 25.6 Å². The van der Waals surface area contributed by atoms with Gasteiger partial charge in [-0.05, 0) is 36.8 Å². The maximum Gasteiger partial charge on any atom is 0.416 e. The largest absolute Gasteiger partial charge is 0.416 e. The van der Waals surface area contributed by atoms with Gasteiger partial charge < -0.3 is 16.2 Å². The molecule has 1 amide bonds. The van der Waals surface area contributed by atoms with E-state index in [1.54, 1.807) is 19.1 Å². The summed E-state index contributed by atoms with van der Waals surface area (Å²) >= 11 is 0. The molecule has 12 heteroatoms. The summed E-state index contributed by atoms with van der Waals surface area (Å²) in [5.74, 6) is -0.647. The van der Waals surface area contributed by atoms with Gasteiger partial charge in [0.1, 0.15) is 17.3 Å². The number of aryl methyl sites for hydroxylation is 1. The van der Waals surface area contributed by atoms with Crippen LogP contribution < -0.4 is 11.1 Å². The van der Waals surface area contributed by atoms with Crippen molar-refractivity contribution in [3.8, 4) is 11.4 Å².